The average Bonchev–Trinajstić information content (AvgIpc) is 2.29. The van der Waals surface area contributed by atoms with Crippen LogP contribution in [0.15, 0.2) is 18.5 Å². The van der Waals surface area contributed by atoms with Crippen molar-refractivity contribution in [3.8, 4) is 5.88 Å². The van der Waals surface area contributed by atoms with Crippen LogP contribution < -0.4 is 4.74 Å². The maximum absolute atomic E-state index is 12.7. The molecule has 0 aliphatic carbocycles. The van der Waals surface area contributed by atoms with Crippen LogP contribution >= 0.6 is 0 Å². The summed E-state index contributed by atoms with van der Waals surface area (Å²) in [6, 6.07) is 1.22. The predicted molar refractivity (Wildman–Crippen MR) is 56.4 cm³/mol. The SMILES string of the molecule is CCO/C=C/c1cnc(OC)cc1C(F)F. The molecule has 0 saturated carbocycles. The van der Waals surface area contributed by atoms with E-state index < -0.39 is 6.43 Å². The van der Waals surface area contributed by atoms with Crippen molar-refractivity contribution >= 4 is 6.08 Å². The highest BCUT2D eigenvalue weighted by Gasteiger charge is 2.13. The third-order valence-electron chi connectivity index (χ3n) is 1.90. The number of pyridine rings is 1. The van der Waals surface area contributed by atoms with Crippen molar-refractivity contribution in [1.29, 1.82) is 0 Å². The van der Waals surface area contributed by atoms with Crippen LogP contribution in [0.2, 0.25) is 0 Å². The summed E-state index contributed by atoms with van der Waals surface area (Å²) < 4.78 is 35.1. The van der Waals surface area contributed by atoms with Gasteiger partial charge in [0.05, 0.1) is 20.0 Å². The Morgan fingerprint density at radius 2 is 2.25 bits per heavy atom. The smallest absolute Gasteiger partial charge is 0.264 e. The molecule has 0 radical (unpaired) electrons. The van der Waals surface area contributed by atoms with Gasteiger partial charge in [0.2, 0.25) is 5.88 Å². The van der Waals surface area contributed by atoms with Gasteiger partial charge in [-0.3, -0.25) is 0 Å². The average molecular weight is 229 g/mol. The second kappa shape index (κ2) is 6.05. The van der Waals surface area contributed by atoms with Gasteiger partial charge in [0.15, 0.2) is 0 Å². The van der Waals surface area contributed by atoms with E-state index in [2.05, 4.69) is 4.98 Å². The fraction of sp³-hybridized carbons (Fsp3) is 0.364. The van der Waals surface area contributed by atoms with Gasteiger partial charge >= 0.3 is 0 Å². The summed E-state index contributed by atoms with van der Waals surface area (Å²) in [5.74, 6) is 0.170. The Balaban J connectivity index is 2.98. The Labute approximate surface area is 92.7 Å². The molecule has 0 aromatic carbocycles. The number of halogens is 2. The standard InChI is InChI=1S/C11H13F2NO2/c1-3-16-5-4-8-7-14-10(15-2)6-9(8)11(12)13/h4-7,11H,3H2,1-2H3/b5-4+. The minimum absolute atomic E-state index is 0.122. The van der Waals surface area contributed by atoms with E-state index in [0.717, 1.165) is 0 Å². The molecule has 0 aliphatic rings. The molecule has 3 nitrogen and oxygen atoms in total. The highest BCUT2D eigenvalue weighted by atomic mass is 19.3. The van der Waals surface area contributed by atoms with Crippen LogP contribution in [0.3, 0.4) is 0 Å². The van der Waals surface area contributed by atoms with Crippen molar-refractivity contribution in [2.24, 2.45) is 0 Å². The summed E-state index contributed by atoms with van der Waals surface area (Å²) in [5, 5.41) is 0. The van der Waals surface area contributed by atoms with Crippen LogP contribution in [0.4, 0.5) is 8.78 Å². The van der Waals surface area contributed by atoms with Crippen LogP contribution in [0.5, 0.6) is 5.88 Å². The van der Waals surface area contributed by atoms with E-state index in [-0.39, 0.29) is 11.4 Å². The van der Waals surface area contributed by atoms with E-state index in [9.17, 15) is 8.78 Å². The molecule has 1 aromatic heterocycles. The normalized spacial score (nSPS) is 11.1. The molecule has 1 aromatic rings. The second-order valence-corrected chi connectivity index (χ2v) is 2.91. The molecule has 0 saturated heterocycles. The highest BCUT2D eigenvalue weighted by molar-refractivity contribution is 5.53. The monoisotopic (exact) mass is 229 g/mol. The Kier molecular flexibility index (Phi) is 4.69. The van der Waals surface area contributed by atoms with Gasteiger partial charge < -0.3 is 9.47 Å². The van der Waals surface area contributed by atoms with Crippen molar-refractivity contribution in [2.45, 2.75) is 13.3 Å². The molecular weight excluding hydrogens is 216 g/mol. The van der Waals surface area contributed by atoms with Gasteiger partial charge in [-0.2, -0.15) is 0 Å². The fourth-order valence-electron chi connectivity index (χ4n) is 1.12. The molecule has 0 unspecified atom stereocenters. The molecule has 0 atom stereocenters. The first-order valence-electron chi connectivity index (χ1n) is 4.79. The minimum Gasteiger partial charge on any atom is -0.501 e. The van der Waals surface area contributed by atoms with Gasteiger partial charge in [-0.05, 0) is 13.0 Å². The molecule has 0 fully saturated rings. The number of methoxy groups -OCH3 is 1. The maximum Gasteiger partial charge on any atom is 0.264 e. The topological polar surface area (TPSA) is 31.4 Å². The lowest BCUT2D eigenvalue weighted by Crippen LogP contribution is -1.95. The van der Waals surface area contributed by atoms with Crippen molar-refractivity contribution in [3.05, 3.63) is 29.7 Å². The second-order valence-electron chi connectivity index (χ2n) is 2.91. The number of alkyl halides is 2. The van der Waals surface area contributed by atoms with Crippen LogP contribution in [-0.2, 0) is 4.74 Å². The summed E-state index contributed by atoms with van der Waals surface area (Å²) >= 11 is 0. The summed E-state index contributed by atoms with van der Waals surface area (Å²) in [6.45, 7) is 2.30. The molecule has 88 valence electrons. The maximum atomic E-state index is 12.7. The molecule has 1 rings (SSSR count). The van der Waals surface area contributed by atoms with E-state index in [0.29, 0.717) is 12.2 Å². The van der Waals surface area contributed by atoms with Gasteiger partial charge in [-0.1, -0.05) is 0 Å². The summed E-state index contributed by atoms with van der Waals surface area (Å²) in [7, 11) is 1.38. The van der Waals surface area contributed by atoms with E-state index in [4.69, 9.17) is 9.47 Å². The van der Waals surface area contributed by atoms with E-state index in [1.54, 1.807) is 0 Å². The molecule has 1 heterocycles. The summed E-state index contributed by atoms with van der Waals surface area (Å²) in [5.41, 5.74) is 0.201. The van der Waals surface area contributed by atoms with Crippen molar-refractivity contribution in [3.63, 3.8) is 0 Å². The Morgan fingerprint density at radius 1 is 1.50 bits per heavy atom. The number of nitrogens with zero attached hydrogens (tertiary/aromatic N) is 1. The lowest BCUT2D eigenvalue weighted by atomic mass is 10.1. The summed E-state index contributed by atoms with van der Waals surface area (Å²) in [4.78, 5) is 3.86. The number of hydrogen-bond acceptors (Lipinski definition) is 3. The Bertz CT molecular complexity index is 367. The molecule has 0 aliphatic heterocycles. The molecule has 5 heteroatoms. The van der Waals surface area contributed by atoms with E-state index >= 15 is 0 Å². The zero-order valence-corrected chi connectivity index (χ0v) is 9.11. The Hall–Kier alpha value is -1.65. The van der Waals surface area contributed by atoms with E-state index in [1.165, 1.54) is 31.7 Å². The van der Waals surface area contributed by atoms with Crippen molar-refractivity contribution in [2.75, 3.05) is 13.7 Å². The van der Waals surface area contributed by atoms with Crippen LogP contribution in [0.1, 0.15) is 24.5 Å². The molecular formula is C11H13F2NO2. The van der Waals surface area contributed by atoms with Crippen molar-refractivity contribution in [1.82, 2.24) is 4.98 Å². The number of rotatable bonds is 5. The molecule has 16 heavy (non-hydrogen) atoms. The first kappa shape index (κ1) is 12.4. The van der Waals surface area contributed by atoms with Gasteiger partial charge in [0.25, 0.3) is 6.43 Å². The van der Waals surface area contributed by atoms with Gasteiger partial charge in [-0.15, -0.1) is 0 Å². The first-order valence-corrected chi connectivity index (χ1v) is 4.79. The zero-order chi connectivity index (χ0) is 12.0. The third-order valence-corrected chi connectivity index (χ3v) is 1.90. The number of ether oxygens (including phenoxy) is 2. The van der Waals surface area contributed by atoms with Crippen LogP contribution in [-0.4, -0.2) is 18.7 Å². The zero-order valence-electron chi connectivity index (χ0n) is 9.11. The predicted octanol–water partition coefficient (Wildman–Crippen LogP) is 3.04. The van der Waals surface area contributed by atoms with E-state index in [1.807, 2.05) is 6.92 Å². The molecule has 0 bridgehead atoms. The van der Waals surface area contributed by atoms with Crippen LogP contribution in [0.25, 0.3) is 6.08 Å². The number of hydrogen-bond donors (Lipinski definition) is 0. The quantitative estimate of drug-likeness (QED) is 0.727. The van der Waals surface area contributed by atoms with Gasteiger partial charge in [0, 0.05) is 23.4 Å². The first-order chi connectivity index (χ1) is 7.69. The molecule has 0 N–H and O–H groups in total. The van der Waals surface area contributed by atoms with Gasteiger partial charge in [-0.25, -0.2) is 13.8 Å². The lowest BCUT2D eigenvalue weighted by molar-refractivity contribution is 0.150. The fourth-order valence-corrected chi connectivity index (χ4v) is 1.12. The Morgan fingerprint density at radius 3 is 2.81 bits per heavy atom. The molecule has 0 amide bonds. The number of aromatic nitrogens is 1. The third kappa shape index (κ3) is 3.18. The minimum atomic E-state index is -2.57. The van der Waals surface area contributed by atoms with Crippen molar-refractivity contribution < 1.29 is 18.3 Å². The van der Waals surface area contributed by atoms with Gasteiger partial charge in [0.1, 0.15) is 0 Å². The summed E-state index contributed by atoms with van der Waals surface area (Å²) in [6.07, 6.45) is 1.58. The molecule has 0 spiro atoms. The largest absolute Gasteiger partial charge is 0.501 e. The van der Waals surface area contributed by atoms with Crippen LogP contribution in [0, 0.1) is 0 Å². The lowest BCUT2D eigenvalue weighted by Gasteiger charge is -2.06. The highest BCUT2D eigenvalue weighted by Crippen LogP contribution is 2.26.